The fraction of sp³-hybridized carbons (Fsp3) is 0.429. The predicted molar refractivity (Wildman–Crippen MR) is 87.4 cm³/mol. The number of rotatable bonds is 2. The third-order valence-corrected chi connectivity index (χ3v) is 4.25. The number of anilines is 1. The van der Waals surface area contributed by atoms with Gasteiger partial charge in [0.25, 0.3) is 0 Å². The average molecular weight is 331 g/mol. The van der Waals surface area contributed by atoms with Crippen LogP contribution in [0.15, 0.2) is 18.2 Å². The lowest BCUT2D eigenvalue weighted by Crippen LogP contribution is -2.39. The topological polar surface area (TPSA) is 41.1 Å². The maximum Gasteiger partial charge on any atom is 0.229 e. The Labute approximate surface area is 134 Å². The average Bonchev–Trinajstić information content (AvgIpc) is 2.44. The molecule has 6 heteroatoms. The molecule has 20 heavy (non-hydrogen) atoms. The summed E-state index contributed by atoms with van der Waals surface area (Å²) in [6.07, 6.45) is 5.29. The molecule has 3 nitrogen and oxygen atoms in total. The van der Waals surface area contributed by atoms with E-state index >= 15 is 0 Å². The zero-order valence-corrected chi connectivity index (χ0v) is 13.2. The van der Waals surface area contributed by atoms with Gasteiger partial charge in [-0.05, 0) is 37.2 Å². The van der Waals surface area contributed by atoms with E-state index in [2.05, 4.69) is 10.6 Å². The molecule has 0 unspecified atom stereocenters. The number of carbonyl (C=O) groups excluding carboxylic acids is 1. The Hall–Kier alpha value is -0.840. The molecule has 1 amide bonds. The normalized spacial score (nSPS) is 15.7. The molecule has 0 aliphatic heterocycles. The van der Waals surface area contributed by atoms with E-state index in [0.29, 0.717) is 15.7 Å². The number of para-hydroxylation sites is 1. The first kappa shape index (κ1) is 15.5. The second-order valence-corrected chi connectivity index (χ2v) is 6.10. The van der Waals surface area contributed by atoms with Crippen LogP contribution in [0.2, 0.25) is 10.0 Å². The molecule has 0 spiro atoms. The molecule has 2 rings (SSSR count). The van der Waals surface area contributed by atoms with Crippen molar-refractivity contribution in [2.45, 2.75) is 32.1 Å². The lowest BCUT2D eigenvalue weighted by atomic mass is 9.89. The second-order valence-electron chi connectivity index (χ2n) is 4.87. The minimum absolute atomic E-state index is 0.0228. The van der Waals surface area contributed by atoms with E-state index in [1.165, 1.54) is 6.42 Å². The van der Waals surface area contributed by atoms with Crippen LogP contribution in [-0.2, 0) is 4.79 Å². The molecule has 1 saturated carbocycles. The maximum atomic E-state index is 12.1. The molecule has 2 N–H and O–H groups in total. The molecule has 1 aromatic carbocycles. The lowest BCUT2D eigenvalue weighted by molar-refractivity contribution is -0.124. The Morgan fingerprint density at radius 3 is 2.35 bits per heavy atom. The summed E-state index contributed by atoms with van der Waals surface area (Å²) in [5.74, 6) is 0.0376. The Morgan fingerprint density at radius 1 is 1.15 bits per heavy atom. The Balaban J connectivity index is 1.93. The van der Waals surface area contributed by atoms with Gasteiger partial charge in [-0.3, -0.25) is 4.79 Å². The largest absolute Gasteiger partial charge is 0.330 e. The smallest absolute Gasteiger partial charge is 0.229 e. The molecule has 1 aliphatic carbocycles. The number of hydrogen-bond acceptors (Lipinski definition) is 2. The third-order valence-electron chi connectivity index (χ3n) is 3.41. The Morgan fingerprint density at radius 2 is 1.75 bits per heavy atom. The summed E-state index contributed by atoms with van der Waals surface area (Å²) in [7, 11) is 0. The van der Waals surface area contributed by atoms with E-state index in [0.717, 1.165) is 25.7 Å². The van der Waals surface area contributed by atoms with Gasteiger partial charge in [-0.15, -0.1) is 0 Å². The number of nitrogens with one attached hydrogen (secondary N) is 2. The summed E-state index contributed by atoms with van der Waals surface area (Å²) < 4.78 is 0. The van der Waals surface area contributed by atoms with Crippen molar-refractivity contribution in [2.75, 3.05) is 5.32 Å². The summed E-state index contributed by atoms with van der Waals surface area (Å²) in [6, 6.07) is 5.17. The zero-order valence-electron chi connectivity index (χ0n) is 10.9. The van der Waals surface area contributed by atoms with Gasteiger partial charge in [0, 0.05) is 5.92 Å². The molecule has 0 bridgehead atoms. The highest BCUT2D eigenvalue weighted by Gasteiger charge is 2.22. The van der Waals surface area contributed by atoms with Crippen molar-refractivity contribution >= 4 is 52.1 Å². The van der Waals surface area contributed by atoms with Gasteiger partial charge in [0.15, 0.2) is 5.11 Å². The van der Waals surface area contributed by atoms with Crippen LogP contribution in [-0.4, -0.2) is 11.0 Å². The summed E-state index contributed by atoms with van der Waals surface area (Å²) in [4.78, 5) is 12.1. The van der Waals surface area contributed by atoms with E-state index in [4.69, 9.17) is 35.4 Å². The number of benzene rings is 1. The second kappa shape index (κ2) is 7.25. The number of hydrogen-bond donors (Lipinski definition) is 2. The van der Waals surface area contributed by atoms with Gasteiger partial charge >= 0.3 is 0 Å². The SMILES string of the molecule is O=C(NC(=S)Nc1c(Cl)cccc1Cl)C1CCCCC1. The molecule has 0 aromatic heterocycles. The van der Waals surface area contributed by atoms with Crippen molar-refractivity contribution in [1.82, 2.24) is 5.32 Å². The summed E-state index contributed by atoms with van der Waals surface area (Å²) in [6.45, 7) is 0. The van der Waals surface area contributed by atoms with Crippen molar-refractivity contribution < 1.29 is 4.79 Å². The minimum atomic E-state index is -0.0228. The van der Waals surface area contributed by atoms with Gasteiger partial charge in [0.2, 0.25) is 5.91 Å². The molecule has 108 valence electrons. The van der Waals surface area contributed by atoms with Gasteiger partial charge in [0.1, 0.15) is 0 Å². The quantitative estimate of drug-likeness (QED) is 0.790. The zero-order chi connectivity index (χ0) is 14.5. The highest BCUT2D eigenvalue weighted by Crippen LogP contribution is 2.29. The standard InChI is InChI=1S/C14H16Cl2N2OS/c15-10-7-4-8-11(16)12(10)17-14(20)18-13(19)9-5-2-1-3-6-9/h4,7-9H,1-3,5-6H2,(H2,17,18,19,20). The number of thiocarbonyl (C=S) groups is 1. The molecule has 0 saturated heterocycles. The molecule has 1 aromatic rings. The van der Waals surface area contributed by atoms with Crippen molar-refractivity contribution in [3.05, 3.63) is 28.2 Å². The first-order valence-corrected chi connectivity index (χ1v) is 7.80. The van der Waals surface area contributed by atoms with E-state index in [9.17, 15) is 4.79 Å². The number of carbonyl (C=O) groups is 1. The van der Waals surface area contributed by atoms with Crippen LogP contribution >= 0.6 is 35.4 Å². The van der Waals surface area contributed by atoms with Crippen LogP contribution in [0.1, 0.15) is 32.1 Å². The van der Waals surface area contributed by atoms with E-state index in [-0.39, 0.29) is 16.9 Å². The molecule has 1 fully saturated rings. The number of halogens is 2. The predicted octanol–water partition coefficient (Wildman–Crippen LogP) is 4.39. The monoisotopic (exact) mass is 330 g/mol. The summed E-state index contributed by atoms with van der Waals surface area (Å²) in [5.41, 5.74) is 0.518. The summed E-state index contributed by atoms with van der Waals surface area (Å²) >= 11 is 17.2. The minimum Gasteiger partial charge on any atom is -0.330 e. The lowest BCUT2D eigenvalue weighted by Gasteiger charge is -2.21. The van der Waals surface area contributed by atoms with Crippen LogP contribution in [0.25, 0.3) is 0 Å². The van der Waals surface area contributed by atoms with E-state index in [1.807, 2.05) is 0 Å². The van der Waals surface area contributed by atoms with Crippen LogP contribution in [0, 0.1) is 5.92 Å². The van der Waals surface area contributed by atoms with E-state index < -0.39 is 0 Å². The molecule has 0 heterocycles. The fourth-order valence-corrected chi connectivity index (χ4v) is 3.04. The van der Waals surface area contributed by atoms with Crippen LogP contribution < -0.4 is 10.6 Å². The van der Waals surface area contributed by atoms with Crippen molar-refractivity contribution in [1.29, 1.82) is 0 Å². The first-order valence-electron chi connectivity index (χ1n) is 6.64. The van der Waals surface area contributed by atoms with E-state index in [1.54, 1.807) is 18.2 Å². The van der Waals surface area contributed by atoms with Gasteiger partial charge in [-0.2, -0.15) is 0 Å². The molecule has 0 radical (unpaired) electrons. The fourth-order valence-electron chi connectivity index (χ4n) is 2.34. The van der Waals surface area contributed by atoms with Gasteiger partial charge in [-0.25, -0.2) is 0 Å². The van der Waals surface area contributed by atoms with Crippen molar-refractivity contribution in [3.63, 3.8) is 0 Å². The number of amides is 1. The Bertz CT molecular complexity index is 496. The first-order chi connectivity index (χ1) is 9.58. The van der Waals surface area contributed by atoms with Crippen molar-refractivity contribution in [2.24, 2.45) is 5.92 Å². The highest BCUT2D eigenvalue weighted by molar-refractivity contribution is 7.80. The highest BCUT2D eigenvalue weighted by atomic mass is 35.5. The Kier molecular flexibility index (Phi) is 5.64. The third kappa shape index (κ3) is 4.08. The van der Waals surface area contributed by atoms with Gasteiger partial charge in [-0.1, -0.05) is 48.5 Å². The van der Waals surface area contributed by atoms with Gasteiger partial charge in [0.05, 0.1) is 15.7 Å². The van der Waals surface area contributed by atoms with Crippen molar-refractivity contribution in [3.8, 4) is 0 Å². The van der Waals surface area contributed by atoms with Crippen LogP contribution in [0.3, 0.4) is 0 Å². The molecular formula is C14H16Cl2N2OS. The maximum absolute atomic E-state index is 12.1. The molecule has 1 aliphatic rings. The van der Waals surface area contributed by atoms with Gasteiger partial charge < -0.3 is 10.6 Å². The summed E-state index contributed by atoms with van der Waals surface area (Å²) in [5, 5.41) is 6.76. The molecule has 0 atom stereocenters. The van der Waals surface area contributed by atoms with Crippen LogP contribution in [0.5, 0.6) is 0 Å². The van der Waals surface area contributed by atoms with Crippen LogP contribution in [0.4, 0.5) is 5.69 Å². The molecular weight excluding hydrogens is 315 g/mol.